The minimum absolute atomic E-state index is 0.236. The maximum Gasteiger partial charge on any atom is 0.227 e. The van der Waals surface area contributed by atoms with Crippen LogP contribution < -0.4 is 9.80 Å². The van der Waals surface area contributed by atoms with Gasteiger partial charge in [-0.2, -0.15) is 0 Å². The molecule has 2 aliphatic rings. The van der Waals surface area contributed by atoms with Crippen molar-refractivity contribution in [3.63, 3.8) is 0 Å². The van der Waals surface area contributed by atoms with Gasteiger partial charge in [-0.25, -0.2) is 4.98 Å². The van der Waals surface area contributed by atoms with Crippen LogP contribution >= 0.6 is 0 Å². The second kappa shape index (κ2) is 11.1. The molecular weight excluding hydrogens is 599 g/mol. The van der Waals surface area contributed by atoms with Crippen molar-refractivity contribution in [1.82, 2.24) is 4.98 Å². The average Bonchev–Trinajstić information content (AvgIpc) is 3.75. The minimum atomic E-state index is 0.236. The molecule has 232 valence electrons. The van der Waals surface area contributed by atoms with Crippen LogP contribution in [0.4, 0.5) is 28.4 Å². The number of benzene rings is 7. The van der Waals surface area contributed by atoms with Crippen LogP contribution in [0.5, 0.6) is 0 Å². The van der Waals surface area contributed by atoms with Crippen LogP contribution in [0.3, 0.4) is 0 Å². The van der Waals surface area contributed by atoms with Gasteiger partial charge in [0.2, 0.25) is 5.89 Å². The van der Waals surface area contributed by atoms with E-state index in [2.05, 4.69) is 155 Å². The molecule has 8 aromatic rings. The Balaban J connectivity index is 1.17. The molecule has 0 fully saturated rings. The van der Waals surface area contributed by atoms with Gasteiger partial charge in [0, 0.05) is 45.3 Å². The van der Waals surface area contributed by atoms with Crippen LogP contribution in [-0.4, -0.2) is 11.0 Å². The lowest BCUT2D eigenvalue weighted by molar-refractivity contribution is 0.623. The summed E-state index contributed by atoms with van der Waals surface area (Å²) in [6.07, 6.45) is 9.02. The largest absolute Gasteiger partial charge is 0.435 e. The van der Waals surface area contributed by atoms with Crippen LogP contribution in [0.2, 0.25) is 0 Å². The van der Waals surface area contributed by atoms with E-state index in [0.29, 0.717) is 11.8 Å². The molecule has 0 radical (unpaired) electrons. The Morgan fingerprint density at radius 2 is 1.27 bits per heavy atom. The van der Waals surface area contributed by atoms with Crippen molar-refractivity contribution < 1.29 is 4.42 Å². The van der Waals surface area contributed by atoms with Gasteiger partial charge in [0.25, 0.3) is 0 Å². The molecule has 7 aromatic carbocycles. The molecule has 1 aliphatic carbocycles. The van der Waals surface area contributed by atoms with Gasteiger partial charge in [-0.1, -0.05) is 109 Å². The highest BCUT2D eigenvalue weighted by Gasteiger charge is 2.37. The van der Waals surface area contributed by atoms with Crippen molar-refractivity contribution in [3.05, 3.63) is 182 Å². The summed E-state index contributed by atoms with van der Waals surface area (Å²) >= 11 is 0. The molecule has 4 heteroatoms. The summed E-state index contributed by atoms with van der Waals surface area (Å²) < 4.78 is 6.55. The first-order chi connectivity index (χ1) is 24.3. The van der Waals surface area contributed by atoms with Crippen molar-refractivity contribution in [2.75, 3.05) is 9.80 Å². The zero-order valence-electron chi connectivity index (χ0n) is 26.6. The van der Waals surface area contributed by atoms with Crippen LogP contribution in [-0.2, 0) is 0 Å². The molecule has 1 aromatic heterocycles. The second-order valence-electron chi connectivity index (χ2n) is 12.8. The van der Waals surface area contributed by atoms with Gasteiger partial charge in [-0.3, -0.25) is 0 Å². The summed E-state index contributed by atoms with van der Waals surface area (Å²) in [6.45, 7) is 0. The molecular formula is C45H31N3O. The van der Waals surface area contributed by atoms with Crippen molar-refractivity contribution in [1.29, 1.82) is 0 Å². The highest BCUT2D eigenvalue weighted by molar-refractivity contribution is 6.18. The summed E-state index contributed by atoms with van der Waals surface area (Å²) in [4.78, 5) is 9.76. The monoisotopic (exact) mass is 629 g/mol. The SMILES string of the molecule is C1=CC2[C@H](C=C1)c1ccc(N(c3ccccc3)c3ccc4ccc5ccc6nc(-c7ccccc7)oc6c5c4c3)cc1N2c1ccccc1. The van der Waals surface area contributed by atoms with Crippen molar-refractivity contribution >= 4 is 61.1 Å². The molecule has 2 atom stereocenters. The van der Waals surface area contributed by atoms with Crippen molar-refractivity contribution in [3.8, 4) is 11.5 Å². The van der Waals surface area contributed by atoms with E-state index in [9.17, 15) is 0 Å². The Morgan fingerprint density at radius 3 is 2.10 bits per heavy atom. The molecule has 1 unspecified atom stereocenters. The Hall–Kier alpha value is -6.39. The zero-order valence-corrected chi connectivity index (χ0v) is 26.6. The van der Waals surface area contributed by atoms with Crippen LogP contribution in [0.15, 0.2) is 180 Å². The fourth-order valence-corrected chi connectivity index (χ4v) is 7.73. The standard InChI is InChI=1S/C45H31N3O/c1-4-12-32(13-5-1)45-46-40-27-23-31-21-20-30-22-24-35(28-39(30)43(31)44(40)49-45)47(33-14-6-2-7-15-33)36-25-26-38-37-18-10-11-19-41(37)48(42(38)29-36)34-16-8-3-9-17-34/h1-29,37,41H/t37-,41?/m1/s1. The van der Waals surface area contributed by atoms with Gasteiger partial charge in [0.05, 0.1) is 6.04 Å². The first-order valence-electron chi connectivity index (χ1n) is 16.8. The summed E-state index contributed by atoms with van der Waals surface area (Å²) in [7, 11) is 0. The number of aromatic nitrogens is 1. The molecule has 0 saturated heterocycles. The second-order valence-corrected chi connectivity index (χ2v) is 12.8. The Bertz CT molecular complexity index is 2570. The highest BCUT2D eigenvalue weighted by atomic mass is 16.3. The summed E-state index contributed by atoms with van der Waals surface area (Å²) in [5.74, 6) is 0.935. The number of rotatable bonds is 5. The van der Waals surface area contributed by atoms with Crippen LogP contribution in [0.1, 0.15) is 11.5 Å². The minimum Gasteiger partial charge on any atom is -0.435 e. The molecule has 0 N–H and O–H groups in total. The molecule has 0 spiro atoms. The predicted octanol–water partition coefficient (Wildman–Crippen LogP) is 12.0. The first-order valence-corrected chi connectivity index (χ1v) is 16.8. The normalized spacial score (nSPS) is 16.4. The Kier molecular flexibility index (Phi) is 6.28. The van der Waals surface area contributed by atoms with Gasteiger partial charge < -0.3 is 14.2 Å². The van der Waals surface area contributed by atoms with E-state index in [-0.39, 0.29) is 6.04 Å². The molecule has 4 nitrogen and oxygen atoms in total. The van der Waals surface area contributed by atoms with Crippen LogP contribution in [0, 0.1) is 0 Å². The van der Waals surface area contributed by atoms with E-state index < -0.39 is 0 Å². The maximum atomic E-state index is 6.55. The number of anilines is 5. The lowest BCUT2D eigenvalue weighted by Gasteiger charge is -2.30. The predicted molar refractivity (Wildman–Crippen MR) is 203 cm³/mol. The van der Waals surface area contributed by atoms with Gasteiger partial charge in [-0.15, -0.1) is 0 Å². The van der Waals surface area contributed by atoms with Gasteiger partial charge >= 0.3 is 0 Å². The zero-order chi connectivity index (χ0) is 32.3. The van der Waals surface area contributed by atoms with E-state index >= 15 is 0 Å². The third-order valence-corrected chi connectivity index (χ3v) is 9.96. The quantitative estimate of drug-likeness (QED) is 0.177. The highest BCUT2D eigenvalue weighted by Crippen LogP contribution is 2.50. The third-order valence-electron chi connectivity index (χ3n) is 9.96. The summed E-state index contributed by atoms with van der Waals surface area (Å²) in [5, 5.41) is 4.48. The third kappa shape index (κ3) is 4.49. The average molecular weight is 630 g/mol. The number of nitrogens with zero attached hydrogens (tertiary/aromatic N) is 3. The molecule has 10 rings (SSSR count). The van der Waals surface area contributed by atoms with E-state index in [1.54, 1.807) is 0 Å². The van der Waals surface area contributed by atoms with E-state index in [0.717, 1.165) is 55.3 Å². The molecule has 0 saturated carbocycles. The number of oxazole rings is 1. The molecule has 49 heavy (non-hydrogen) atoms. The van der Waals surface area contributed by atoms with E-state index in [1.807, 2.05) is 30.3 Å². The molecule has 0 bridgehead atoms. The Morgan fingerprint density at radius 1 is 0.592 bits per heavy atom. The topological polar surface area (TPSA) is 32.5 Å². The van der Waals surface area contributed by atoms with Gasteiger partial charge in [0.1, 0.15) is 5.52 Å². The Labute approximate surface area is 284 Å². The number of allylic oxidation sites excluding steroid dienone is 2. The summed E-state index contributed by atoms with van der Waals surface area (Å²) in [6, 6.07) is 54.1. The fourth-order valence-electron chi connectivity index (χ4n) is 7.73. The molecule has 2 heterocycles. The smallest absolute Gasteiger partial charge is 0.227 e. The lowest BCUT2D eigenvalue weighted by Crippen LogP contribution is -2.28. The van der Waals surface area contributed by atoms with Gasteiger partial charge in [0.15, 0.2) is 5.58 Å². The van der Waals surface area contributed by atoms with Gasteiger partial charge in [-0.05, 0) is 88.5 Å². The van der Waals surface area contributed by atoms with Crippen LogP contribution in [0.25, 0.3) is 44.1 Å². The molecule has 1 aliphatic heterocycles. The first kappa shape index (κ1) is 27.7. The number of fused-ring (bicyclic) bond motifs is 8. The number of para-hydroxylation sites is 2. The van der Waals surface area contributed by atoms with E-state index in [1.165, 1.54) is 16.9 Å². The number of hydrogen-bond acceptors (Lipinski definition) is 4. The van der Waals surface area contributed by atoms with Crippen molar-refractivity contribution in [2.24, 2.45) is 0 Å². The maximum absolute atomic E-state index is 6.55. The lowest BCUT2D eigenvalue weighted by atomic mass is 9.91. The fraction of sp³-hybridized carbons (Fsp3) is 0.0444. The summed E-state index contributed by atoms with van der Waals surface area (Å²) in [5.41, 5.74) is 9.69. The number of hydrogen-bond donors (Lipinski definition) is 0. The van der Waals surface area contributed by atoms with Crippen molar-refractivity contribution in [2.45, 2.75) is 12.0 Å². The van der Waals surface area contributed by atoms with E-state index in [4.69, 9.17) is 9.40 Å². The molecule has 0 amide bonds.